The minimum absolute atomic E-state index is 0.0767. The van der Waals surface area contributed by atoms with Crippen LogP contribution in [0, 0.1) is 0 Å². The lowest BCUT2D eigenvalue weighted by Gasteiger charge is -2.24. The van der Waals surface area contributed by atoms with Crippen LogP contribution in [-0.4, -0.2) is 46.9 Å². The lowest BCUT2D eigenvalue weighted by molar-refractivity contribution is -0.151. The number of nitrogens with one attached hydrogen (secondary N) is 1. The Morgan fingerprint density at radius 2 is 0.857 bits per heavy atom. The summed E-state index contributed by atoms with van der Waals surface area (Å²) in [6, 6.07) is -0.701. The third-order valence-corrected chi connectivity index (χ3v) is 12.7. The molecule has 0 aliphatic rings. The summed E-state index contributed by atoms with van der Waals surface area (Å²) >= 11 is 0. The van der Waals surface area contributed by atoms with E-state index in [1.165, 1.54) is 173 Å². The van der Waals surface area contributed by atoms with Crippen molar-refractivity contribution in [2.24, 2.45) is 0 Å². The molecule has 0 aromatic heterocycles. The highest BCUT2D eigenvalue weighted by Gasteiger charge is 2.24. The molecule has 6 heteroatoms. The average Bonchev–Trinajstić information content (AvgIpc) is 3.28. The molecule has 0 aromatic carbocycles. The van der Waals surface area contributed by atoms with Gasteiger partial charge in [-0.05, 0) is 57.8 Å². The molecule has 1 amide bonds. The van der Waals surface area contributed by atoms with E-state index < -0.39 is 18.2 Å². The largest absolute Gasteiger partial charge is 0.462 e. The highest BCUT2D eigenvalue weighted by molar-refractivity contribution is 5.77. The van der Waals surface area contributed by atoms with Crippen LogP contribution in [-0.2, 0) is 14.3 Å². The van der Waals surface area contributed by atoms with Crippen LogP contribution in [0.4, 0.5) is 0 Å². The molecule has 370 valence electrons. The van der Waals surface area contributed by atoms with Gasteiger partial charge in [0.15, 0.2) is 0 Å². The highest BCUT2D eigenvalue weighted by atomic mass is 16.5. The van der Waals surface area contributed by atoms with E-state index in [2.05, 4.69) is 62.5 Å². The van der Waals surface area contributed by atoms with Crippen LogP contribution in [0.15, 0.2) is 36.5 Å². The van der Waals surface area contributed by atoms with E-state index in [9.17, 15) is 19.8 Å². The molecule has 0 spiro atoms. The van der Waals surface area contributed by atoms with Crippen molar-refractivity contribution in [1.29, 1.82) is 0 Å². The van der Waals surface area contributed by atoms with Gasteiger partial charge >= 0.3 is 5.97 Å². The van der Waals surface area contributed by atoms with Crippen LogP contribution in [0.25, 0.3) is 0 Å². The minimum atomic E-state index is -0.787. The van der Waals surface area contributed by atoms with Gasteiger partial charge in [-0.3, -0.25) is 9.59 Å². The smallest absolute Gasteiger partial charge is 0.306 e. The van der Waals surface area contributed by atoms with Gasteiger partial charge in [-0.15, -0.1) is 0 Å². The minimum Gasteiger partial charge on any atom is -0.462 e. The van der Waals surface area contributed by atoms with Crippen molar-refractivity contribution in [1.82, 2.24) is 5.32 Å². The number of carbonyl (C=O) groups excluding carboxylic acids is 2. The second-order valence-corrected chi connectivity index (χ2v) is 19.0. The molecule has 0 bridgehead atoms. The number of allylic oxidation sites excluding steroid dienone is 6. The number of aliphatic hydroxyl groups is 2. The molecule has 0 aliphatic carbocycles. The molecule has 0 heterocycles. The van der Waals surface area contributed by atoms with Gasteiger partial charge < -0.3 is 20.3 Å². The van der Waals surface area contributed by atoms with Crippen LogP contribution < -0.4 is 5.32 Å². The Kier molecular flexibility index (Phi) is 49.5. The Morgan fingerprint density at radius 1 is 0.476 bits per heavy atom. The van der Waals surface area contributed by atoms with E-state index in [0.29, 0.717) is 19.3 Å². The molecule has 0 aliphatic heterocycles. The highest BCUT2D eigenvalue weighted by Crippen LogP contribution is 2.19. The zero-order valence-electron chi connectivity index (χ0n) is 42.2. The first kappa shape index (κ1) is 61.1. The molecule has 3 atom stereocenters. The van der Waals surface area contributed by atoms with Gasteiger partial charge in [-0.1, -0.05) is 256 Å². The summed E-state index contributed by atoms with van der Waals surface area (Å²) in [5.74, 6) is -0.473. The van der Waals surface area contributed by atoms with E-state index in [1.807, 2.05) is 0 Å². The molecule has 3 N–H and O–H groups in total. The predicted molar refractivity (Wildman–Crippen MR) is 273 cm³/mol. The van der Waals surface area contributed by atoms with Crippen LogP contribution >= 0.6 is 0 Å². The maximum atomic E-state index is 13.2. The van der Waals surface area contributed by atoms with Gasteiger partial charge in [-0.25, -0.2) is 0 Å². The zero-order valence-corrected chi connectivity index (χ0v) is 42.2. The summed E-state index contributed by atoms with van der Waals surface area (Å²) in [6.45, 7) is 6.40. The first-order valence-electron chi connectivity index (χ1n) is 27.7. The summed E-state index contributed by atoms with van der Waals surface area (Å²) in [5, 5.41) is 23.8. The quantitative estimate of drug-likeness (QED) is 0.0321. The summed E-state index contributed by atoms with van der Waals surface area (Å²) in [4.78, 5) is 26.2. The molecule has 3 unspecified atom stereocenters. The lowest BCUT2D eigenvalue weighted by Crippen LogP contribution is -2.46. The Balaban J connectivity index is 4.56. The molecule has 63 heavy (non-hydrogen) atoms. The number of hydrogen-bond acceptors (Lipinski definition) is 5. The predicted octanol–water partition coefficient (Wildman–Crippen LogP) is 16.8. The number of amides is 1. The summed E-state index contributed by atoms with van der Waals surface area (Å²) in [5.41, 5.74) is 0. The summed E-state index contributed by atoms with van der Waals surface area (Å²) < 4.78 is 5.95. The van der Waals surface area contributed by atoms with Crippen molar-refractivity contribution in [3.05, 3.63) is 36.5 Å². The van der Waals surface area contributed by atoms with E-state index >= 15 is 0 Å². The molecular formula is C57H107NO5. The maximum absolute atomic E-state index is 13.2. The van der Waals surface area contributed by atoms with Crippen molar-refractivity contribution in [3.8, 4) is 0 Å². The van der Waals surface area contributed by atoms with Gasteiger partial charge in [0.25, 0.3) is 0 Å². The monoisotopic (exact) mass is 886 g/mol. The Labute approximate surface area is 392 Å². The normalized spacial score (nSPS) is 13.4. The van der Waals surface area contributed by atoms with Gasteiger partial charge in [0.05, 0.1) is 25.2 Å². The molecule has 0 saturated heterocycles. The molecule has 0 radical (unpaired) electrons. The van der Waals surface area contributed by atoms with Crippen molar-refractivity contribution < 1.29 is 24.5 Å². The third-order valence-electron chi connectivity index (χ3n) is 12.7. The van der Waals surface area contributed by atoms with Gasteiger partial charge in [0.1, 0.15) is 6.10 Å². The third kappa shape index (κ3) is 46.4. The van der Waals surface area contributed by atoms with Crippen LogP contribution in [0.1, 0.15) is 290 Å². The van der Waals surface area contributed by atoms with E-state index in [-0.39, 0.29) is 24.9 Å². The molecule has 6 nitrogen and oxygen atoms in total. The fraction of sp³-hybridized carbons (Fsp3) is 0.860. The molecule has 0 rings (SSSR count). The van der Waals surface area contributed by atoms with Crippen molar-refractivity contribution in [2.45, 2.75) is 309 Å². The number of carbonyl (C=O) groups is 2. The number of rotatable bonds is 50. The van der Waals surface area contributed by atoms with Gasteiger partial charge in [0.2, 0.25) is 5.91 Å². The fourth-order valence-corrected chi connectivity index (χ4v) is 8.56. The topological polar surface area (TPSA) is 95.9 Å². The number of esters is 1. The molecule has 0 fully saturated rings. The van der Waals surface area contributed by atoms with Gasteiger partial charge in [-0.2, -0.15) is 0 Å². The van der Waals surface area contributed by atoms with E-state index in [0.717, 1.165) is 70.6 Å². The molecule has 0 aromatic rings. The zero-order chi connectivity index (χ0) is 45.9. The SMILES string of the molecule is CC/C=C/C/C=C/C/C=C/CCCCCCCCC(=O)OC(CCCCCCCCCCCCCCCCC)CC(=O)NC(CO)C(O)CCCCCCCCCCCCCCC. The van der Waals surface area contributed by atoms with Crippen molar-refractivity contribution in [2.75, 3.05) is 6.61 Å². The second kappa shape index (κ2) is 51.1. The Bertz CT molecular complexity index is 1040. The van der Waals surface area contributed by atoms with Crippen molar-refractivity contribution in [3.63, 3.8) is 0 Å². The van der Waals surface area contributed by atoms with Crippen molar-refractivity contribution >= 4 is 11.9 Å². The number of hydrogen-bond donors (Lipinski definition) is 3. The first-order chi connectivity index (χ1) is 31.0. The molecule has 0 saturated carbocycles. The van der Waals surface area contributed by atoms with Crippen LogP contribution in [0.3, 0.4) is 0 Å². The lowest BCUT2D eigenvalue weighted by atomic mass is 10.0. The molecular weight excluding hydrogens is 779 g/mol. The number of unbranched alkanes of at least 4 members (excludes halogenated alkanes) is 32. The second-order valence-electron chi connectivity index (χ2n) is 19.0. The first-order valence-corrected chi connectivity index (χ1v) is 27.7. The fourth-order valence-electron chi connectivity index (χ4n) is 8.56. The van der Waals surface area contributed by atoms with Crippen LogP contribution in [0.5, 0.6) is 0 Å². The Morgan fingerprint density at radius 3 is 1.30 bits per heavy atom. The van der Waals surface area contributed by atoms with Gasteiger partial charge in [0, 0.05) is 6.42 Å². The average molecular weight is 886 g/mol. The van der Waals surface area contributed by atoms with Crippen LogP contribution in [0.2, 0.25) is 0 Å². The van der Waals surface area contributed by atoms with E-state index in [4.69, 9.17) is 4.74 Å². The Hall–Kier alpha value is -1.92. The summed E-state index contributed by atoms with van der Waals surface area (Å²) in [7, 11) is 0. The maximum Gasteiger partial charge on any atom is 0.306 e. The number of aliphatic hydroxyl groups excluding tert-OH is 2. The standard InChI is InChI=1S/C57H107NO5/c1-4-7-10-13-16-19-22-25-27-29-32-35-38-41-44-47-50-57(62)63-53(48-45-42-39-36-33-31-28-26-23-20-17-14-11-8-5-2)51-56(61)58-54(52-59)55(60)49-46-43-40-37-34-30-24-21-18-15-12-9-6-3/h7,10,16,19,25,27,53-55,59-60H,4-6,8-9,11-15,17-18,20-24,26,28-52H2,1-3H3,(H,58,61)/b10-7+,19-16+,27-25+. The van der Waals surface area contributed by atoms with E-state index in [1.54, 1.807) is 0 Å². The summed E-state index contributed by atoms with van der Waals surface area (Å²) in [6.07, 6.45) is 60.6. The number of ether oxygens (including phenoxy) is 1.